The first-order valence-electron chi connectivity index (χ1n) is 3.54. The Morgan fingerprint density at radius 1 is 1.64 bits per heavy atom. The number of nitrogens with zero attached hydrogens (tertiary/aromatic N) is 1. The van der Waals surface area contributed by atoms with E-state index in [4.69, 9.17) is 5.11 Å². The molecule has 11 heavy (non-hydrogen) atoms. The van der Waals surface area contributed by atoms with E-state index in [2.05, 4.69) is 9.99 Å². The quantitative estimate of drug-likeness (QED) is 0.485. The molecule has 1 N–H and O–H groups in total. The molecule has 4 nitrogen and oxygen atoms in total. The van der Waals surface area contributed by atoms with E-state index in [1.807, 2.05) is 13.8 Å². The molecule has 0 radical (unpaired) electrons. The van der Waals surface area contributed by atoms with Gasteiger partial charge in [0, 0.05) is 0 Å². The van der Waals surface area contributed by atoms with E-state index >= 15 is 0 Å². The van der Waals surface area contributed by atoms with E-state index in [0.717, 1.165) is 18.6 Å². The van der Waals surface area contributed by atoms with Crippen LogP contribution < -0.4 is 0 Å². The number of hydrogen-bond donors (Lipinski definition) is 1. The number of carboxylic acids is 1. The molecule has 0 amide bonds. The summed E-state index contributed by atoms with van der Waals surface area (Å²) < 4.78 is 0. The average Bonchev–Trinajstić information content (AvgIpc) is 1.87. The Labute approximate surface area is 65.8 Å². The fourth-order valence-corrected chi connectivity index (χ4v) is 0.605. The molecular weight excluding hydrogens is 146 g/mol. The van der Waals surface area contributed by atoms with Crippen LogP contribution in [0.1, 0.15) is 26.7 Å². The number of carboxylic acid groups (broad SMARTS) is 1. The van der Waals surface area contributed by atoms with Crippen molar-refractivity contribution in [1.29, 1.82) is 0 Å². The van der Waals surface area contributed by atoms with Gasteiger partial charge in [0.1, 0.15) is 0 Å². The van der Waals surface area contributed by atoms with E-state index in [0.29, 0.717) is 0 Å². The summed E-state index contributed by atoms with van der Waals surface area (Å²) in [6.07, 6.45) is 1.84. The van der Waals surface area contributed by atoms with Crippen molar-refractivity contribution in [2.24, 2.45) is 5.16 Å². The van der Waals surface area contributed by atoms with Crippen LogP contribution in [-0.4, -0.2) is 23.4 Å². The largest absolute Gasteiger partial charge is 0.479 e. The number of hydrogen-bond acceptors (Lipinski definition) is 3. The Hall–Kier alpha value is -1.06. The Balaban J connectivity index is 3.47. The van der Waals surface area contributed by atoms with Gasteiger partial charge in [0.25, 0.3) is 0 Å². The van der Waals surface area contributed by atoms with Crippen LogP contribution >= 0.6 is 0 Å². The van der Waals surface area contributed by atoms with Gasteiger partial charge in [0.05, 0.1) is 5.71 Å². The first-order chi connectivity index (χ1) is 5.16. The molecular formula is C7H13NO3. The third-order valence-corrected chi connectivity index (χ3v) is 1.02. The molecule has 0 saturated carbocycles. The molecule has 0 aromatic carbocycles. The number of rotatable bonds is 5. The first-order valence-corrected chi connectivity index (χ1v) is 3.54. The molecule has 0 spiro atoms. The van der Waals surface area contributed by atoms with Crippen molar-refractivity contribution in [2.45, 2.75) is 26.7 Å². The lowest BCUT2D eigenvalue weighted by atomic mass is 10.2. The molecule has 0 aliphatic carbocycles. The van der Waals surface area contributed by atoms with Crippen molar-refractivity contribution in [3.8, 4) is 0 Å². The predicted molar refractivity (Wildman–Crippen MR) is 41.6 cm³/mol. The summed E-state index contributed by atoms with van der Waals surface area (Å²) in [6.45, 7) is 3.47. The third kappa shape index (κ3) is 6.83. The van der Waals surface area contributed by atoms with Crippen LogP contribution in [0.15, 0.2) is 5.16 Å². The zero-order chi connectivity index (χ0) is 8.69. The summed E-state index contributed by atoms with van der Waals surface area (Å²) >= 11 is 0. The highest BCUT2D eigenvalue weighted by Crippen LogP contribution is 1.91. The molecule has 0 fully saturated rings. The third-order valence-electron chi connectivity index (χ3n) is 1.02. The minimum atomic E-state index is -1.00. The Bertz CT molecular complexity index is 154. The molecule has 0 heterocycles. The van der Waals surface area contributed by atoms with Crippen LogP contribution in [0, 0.1) is 0 Å². The smallest absolute Gasteiger partial charge is 0.344 e. The van der Waals surface area contributed by atoms with Crippen molar-refractivity contribution in [1.82, 2.24) is 0 Å². The van der Waals surface area contributed by atoms with E-state index in [1.165, 1.54) is 0 Å². The van der Waals surface area contributed by atoms with Gasteiger partial charge in [-0.05, 0) is 13.3 Å². The van der Waals surface area contributed by atoms with Gasteiger partial charge in [-0.15, -0.1) is 0 Å². The molecule has 4 heteroatoms. The van der Waals surface area contributed by atoms with Gasteiger partial charge in [-0.3, -0.25) is 0 Å². The minimum Gasteiger partial charge on any atom is -0.479 e. The highest BCUT2D eigenvalue weighted by Gasteiger charge is 1.94. The SMILES string of the molecule is CCC/C(C)=N/OCC(=O)O. The molecule has 0 saturated heterocycles. The van der Waals surface area contributed by atoms with Crippen LogP contribution in [0.2, 0.25) is 0 Å². The van der Waals surface area contributed by atoms with Crippen LogP contribution in [0.25, 0.3) is 0 Å². The zero-order valence-corrected chi connectivity index (χ0v) is 6.83. The maximum atomic E-state index is 9.94. The molecule has 0 rings (SSSR count). The maximum Gasteiger partial charge on any atom is 0.344 e. The van der Waals surface area contributed by atoms with E-state index in [1.54, 1.807) is 0 Å². The molecule has 0 aliphatic rings. The summed E-state index contributed by atoms with van der Waals surface area (Å²) in [5.41, 5.74) is 0.828. The lowest BCUT2D eigenvalue weighted by Crippen LogP contribution is -2.04. The van der Waals surface area contributed by atoms with Crippen LogP contribution in [0.5, 0.6) is 0 Å². The van der Waals surface area contributed by atoms with Gasteiger partial charge in [-0.25, -0.2) is 4.79 Å². The van der Waals surface area contributed by atoms with Crippen molar-refractivity contribution in [2.75, 3.05) is 6.61 Å². The highest BCUT2D eigenvalue weighted by atomic mass is 16.6. The van der Waals surface area contributed by atoms with Crippen molar-refractivity contribution in [3.63, 3.8) is 0 Å². The summed E-state index contributed by atoms with van der Waals surface area (Å²) in [5.74, 6) is -1.00. The summed E-state index contributed by atoms with van der Waals surface area (Å²) in [7, 11) is 0. The molecule has 64 valence electrons. The molecule has 0 aliphatic heterocycles. The monoisotopic (exact) mass is 159 g/mol. The van der Waals surface area contributed by atoms with Crippen LogP contribution in [0.4, 0.5) is 0 Å². The van der Waals surface area contributed by atoms with Gasteiger partial charge in [0.15, 0.2) is 0 Å². The van der Waals surface area contributed by atoms with Gasteiger partial charge in [0.2, 0.25) is 6.61 Å². The highest BCUT2D eigenvalue weighted by molar-refractivity contribution is 5.81. The number of aliphatic carboxylic acids is 1. The second-order valence-corrected chi connectivity index (χ2v) is 2.24. The molecule has 0 atom stereocenters. The summed E-state index contributed by atoms with van der Waals surface area (Å²) in [6, 6.07) is 0. The van der Waals surface area contributed by atoms with E-state index < -0.39 is 5.97 Å². The zero-order valence-electron chi connectivity index (χ0n) is 6.83. The van der Waals surface area contributed by atoms with Crippen LogP contribution in [-0.2, 0) is 9.63 Å². The Morgan fingerprint density at radius 2 is 2.27 bits per heavy atom. The van der Waals surface area contributed by atoms with Gasteiger partial charge < -0.3 is 9.94 Å². The molecule has 0 unspecified atom stereocenters. The van der Waals surface area contributed by atoms with Crippen molar-refractivity contribution < 1.29 is 14.7 Å². The molecule has 0 bridgehead atoms. The van der Waals surface area contributed by atoms with E-state index in [-0.39, 0.29) is 6.61 Å². The topological polar surface area (TPSA) is 58.9 Å². The predicted octanol–water partition coefficient (Wildman–Crippen LogP) is 1.26. The van der Waals surface area contributed by atoms with Gasteiger partial charge >= 0.3 is 5.97 Å². The number of oxime groups is 1. The average molecular weight is 159 g/mol. The minimum absolute atomic E-state index is 0.360. The van der Waals surface area contributed by atoms with Crippen molar-refractivity contribution >= 4 is 11.7 Å². The number of carbonyl (C=O) groups is 1. The van der Waals surface area contributed by atoms with Crippen molar-refractivity contribution in [3.05, 3.63) is 0 Å². The Kier molecular flexibility index (Phi) is 5.15. The molecule has 0 aromatic rings. The fourth-order valence-electron chi connectivity index (χ4n) is 0.605. The summed E-state index contributed by atoms with van der Waals surface area (Å²) in [4.78, 5) is 14.4. The maximum absolute atomic E-state index is 9.94. The van der Waals surface area contributed by atoms with Gasteiger partial charge in [-0.2, -0.15) is 0 Å². The second kappa shape index (κ2) is 5.70. The lowest BCUT2D eigenvalue weighted by molar-refractivity contribution is -0.142. The van der Waals surface area contributed by atoms with Crippen LogP contribution in [0.3, 0.4) is 0 Å². The normalized spacial score (nSPS) is 11.3. The van der Waals surface area contributed by atoms with E-state index in [9.17, 15) is 4.79 Å². The Morgan fingerprint density at radius 3 is 2.73 bits per heavy atom. The second-order valence-electron chi connectivity index (χ2n) is 2.24. The molecule has 0 aromatic heterocycles. The van der Waals surface area contributed by atoms with Gasteiger partial charge in [-0.1, -0.05) is 18.5 Å². The standard InChI is InChI=1S/C7H13NO3/c1-3-4-6(2)8-11-5-7(9)10/h3-5H2,1-2H3,(H,9,10)/b8-6+. The summed E-state index contributed by atoms with van der Waals surface area (Å²) in [5, 5.41) is 11.8. The first kappa shape index (κ1) is 9.94. The fraction of sp³-hybridized carbons (Fsp3) is 0.714. The lowest BCUT2D eigenvalue weighted by Gasteiger charge is -1.96.